The minimum Gasteiger partial charge on any atom is -0.381 e. The monoisotopic (exact) mass is 246 g/mol. The van der Waals surface area contributed by atoms with E-state index >= 15 is 0 Å². The predicted molar refractivity (Wildman–Crippen MR) is 71.4 cm³/mol. The van der Waals surface area contributed by atoms with Crippen molar-refractivity contribution in [3.63, 3.8) is 0 Å². The summed E-state index contributed by atoms with van der Waals surface area (Å²) in [5.74, 6) is 0.666. The van der Waals surface area contributed by atoms with E-state index in [9.17, 15) is 0 Å². The van der Waals surface area contributed by atoms with E-state index in [0.29, 0.717) is 18.0 Å². The van der Waals surface area contributed by atoms with Crippen molar-refractivity contribution < 1.29 is 4.74 Å². The van der Waals surface area contributed by atoms with Gasteiger partial charge in [0.15, 0.2) is 0 Å². The third-order valence-electron chi connectivity index (χ3n) is 4.33. The lowest BCUT2D eigenvalue weighted by Crippen LogP contribution is -2.38. The third-order valence-corrected chi connectivity index (χ3v) is 4.33. The van der Waals surface area contributed by atoms with Crippen molar-refractivity contribution in [3.05, 3.63) is 29.6 Å². The van der Waals surface area contributed by atoms with Crippen LogP contribution in [0.4, 0.5) is 0 Å². The molecule has 3 unspecified atom stereocenters. The molecule has 0 saturated carbocycles. The van der Waals surface area contributed by atoms with Crippen molar-refractivity contribution in [1.29, 1.82) is 0 Å². The molecule has 2 heterocycles. The molecule has 98 valence electrons. The van der Waals surface area contributed by atoms with Crippen molar-refractivity contribution in [1.82, 2.24) is 10.3 Å². The molecule has 18 heavy (non-hydrogen) atoms. The first-order valence-electron chi connectivity index (χ1n) is 7.12. The van der Waals surface area contributed by atoms with Crippen molar-refractivity contribution in [2.75, 3.05) is 13.2 Å². The number of hydrogen-bond donors (Lipinski definition) is 1. The summed E-state index contributed by atoms with van der Waals surface area (Å²) < 4.78 is 5.48. The molecule has 1 fully saturated rings. The average Bonchev–Trinajstić information content (AvgIpc) is 2.93. The van der Waals surface area contributed by atoms with Crippen LogP contribution in [0.2, 0.25) is 0 Å². The number of aryl methyl sites for hydroxylation is 1. The lowest BCUT2D eigenvalue weighted by Gasteiger charge is -2.30. The highest BCUT2D eigenvalue weighted by atomic mass is 16.5. The van der Waals surface area contributed by atoms with E-state index < -0.39 is 0 Å². The average molecular weight is 246 g/mol. The normalized spacial score (nSPS) is 28.9. The van der Waals surface area contributed by atoms with Crippen LogP contribution in [0.5, 0.6) is 0 Å². The lowest BCUT2D eigenvalue weighted by atomic mass is 9.90. The molecule has 0 aromatic carbocycles. The van der Waals surface area contributed by atoms with Gasteiger partial charge in [-0.1, -0.05) is 6.07 Å². The maximum atomic E-state index is 5.48. The molecule has 0 bridgehead atoms. The summed E-state index contributed by atoms with van der Waals surface area (Å²) in [5.41, 5.74) is 2.70. The first kappa shape index (κ1) is 12.1. The summed E-state index contributed by atoms with van der Waals surface area (Å²) in [7, 11) is 0. The molecule has 3 rings (SSSR count). The lowest BCUT2D eigenvalue weighted by molar-refractivity contribution is 0.175. The molecule has 1 aromatic rings. The highest BCUT2D eigenvalue weighted by molar-refractivity contribution is 5.25. The van der Waals surface area contributed by atoms with Gasteiger partial charge < -0.3 is 10.1 Å². The van der Waals surface area contributed by atoms with Gasteiger partial charge in [0, 0.05) is 24.9 Å². The number of fused-ring (bicyclic) bond motifs is 1. The summed E-state index contributed by atoms with van der Waals surface area (Å²) in [5, 5.41) is 3.77. The molecule has 1 aliphatic carbocycles. The zero-order valence-electron chi connectivity index (χ0n) is 11.1. The van der Waals surface area contributed by atoms with Crippen LogP contribution in [0, 0.1) is 5.92 Å². The fraction of sp³-hybridized carbons (Fsp3) is 0.667. The summed E-state index contributed by atoms with van der Waals surface area (Å²) in [6, 6.07) is 5.23. The molecule has 1 aromatic heterocycles. The number of rotatable bonds is 3. The zero-order valence-corrected chi connectivity index (χ0v) is 11.1. The second-order valence-electron chi connectivity index (χ2n) is 5.57. The van der Waals surface area contributed by atoms with Crippen LogP contribution in [0.3, 0.4) is 0 Å². The highest BCUT2D eigenvalue weighted by Crippen LogP contribution is 2.29. The van der Waals surface area contributed by atoms with Crippen molar-refractivity contribution >= 4 is 0 Å². The van der Waals surface area contributed by atoms with Gasteiger partial charge in [0.25, 0.3) is 0 Å². The van der Waals surface area contributed by atoms with Crippen molar-refractivity contribution in [2.45, 2.75) is 44.7 Å². The number of hydrogen-bond acceptors (Lipinski definition) is 3. The minimum atomic E-state index is 0.436. The van der Waals surface area contributed by atoms with Gasteiger partial charge in [0.05, 0.1) is 12.3 Å². The Bertz CT molecular complexity index is 401. The summed E-state index contributed by atoms with van der Waals surface area (Å²) in [6.45, 7) is 4.13. The Kier molecular flexibility index (Phi) is 3.62. The highest BCUT2D eigenvalue weighted by Gasteiger charge is 2.27. The SMILES string of the molecule is CC(NC1CCCc2cccnc21)C1CCOC1. The van der Waals surface area contributed by atoms with E-state index in [-0.39, 0.29) is 0 Å². The summed E-state index contributed by atoms with van der Waals surface area (Å²) in [4.78, 5) is 4.59. The minimum absolute atomic E-state index is 0.436. The standard InChI is InChI=1S/C15H22N2O/c1-11(13-7-9-18-10-13)17-14-6-2-4-12-5-3-8-16-15(12)14/h3,5,8,11,13-14,17H,2,4,6-7,9-10H2,1H3. The van der Waals surface area contributed by atoms with E-state index in [1.807, 2.05) is 6.20 Å². The maximum Gasteiger partial charge on any atom is 0.0605 e. The molecule has 1 aliphatic heterocycles. The topological polar surface area (TPSA) is 34.2 Å². The van der Waals surface area contributed by atoms with Crippen LogP contribution in [0.15, 0.2) is 18.3 Å². The second-order valence-corrected chi connectivity index (χ2v) is 5.57. The maximum absolute atomic E-state index is 5.48. The van der Waals surface area contributed by atoms with E-state index in [1.54, 1.807) is 0 Å². The molecular formula is C15H22N2O. The van der Waals surface area contributed by atoms with Gasteiger partial charge >= 0.3 is 0 Å². The van der Waals surface area contributed by atoms with Gasteiger partial charge in [-0.15, -0.1) is 0 Å². The van der Waals surface area contributed by atoms with Crippen LogP contribution >= 0.6 is 0 Å². The van der Waals surface area contributed by atoms with E-state index in [1.165, 1.54) is 36.9 Å². The van der Waals surface area contributed by atoms with Crippen LogP contribution in [0.1, 0.15) is 43.5 Å². The van der Waals surface area contributed by atoms with Gasteiger partial charge in [-0.25, -0.2) is 0 Å². The largest absolute Gasteiger partial charge is 0.381 e. The number of aromatic nitrogens is 1. The van der Waals surface area contributed by atoms with Gasteiger partial charge in [-0.2, -0.15) is 0 Å². The Morgan fingerprint density at radius 1 is 1.44 bits per heavy atom. The van der Waals surface area contributed by atoms with Gasteiger partial charge in [0.1, 0.15) is 0 Å². The van der Waals surface area contributed by atoms with Crippen molar-refractivity contribution in [2.24, 2.45) is 5.92 Å². The third kappa shape index (κ3) is 2.43. The fourth-order valence-electron chi connectivity index (χ4n) is 3.17. The van der Waals surface area contributed by atoms with Gasteiger partial charge in [-0.3, -0.25) is 4.98 Å². The Hall–Kier alpha value is -0.930. The Morgan fingerprint density at radius 3 is 3.22 bits per heavy atom. The number of nitrogens with zero attached hydrogens (tertiary/aromatic N) is 1. The van der Waals surface area contributed by atoms with Crippen LogP contribution < -0.4 is 5.32 Å². The number of ether oxygens (including phenoxy) is 1. The molecule has 2 aliphatic rings. The molecule has 0 spiro atoms. The number of pyridine rings is 1. The zero-order chi connectivity index (χ0) is 12.4. The van der Waals surface area contributed by atoms with Crippen LogP contribution in [0.25, 0.3) is 0 Å². The van der Waals surface area contributed by atoms with Gasteiger partial charge in [0.2, 0.25) is 0 Å². The summed E-state index contributed by atoms with van der Waals surface area (Å²) in [6.07, 6.45) is 6.77. The molecule has 3 heteroatoms. The molecule has 0 amide bonds. The van der Waals surface area contributed by atoms with E-state index in [4.69, 9.17) is 4.74 Å². The second kappa shape index (κ2) is 5.37. The number of nitrogens with one attached hydrogen (secondary N) is 1. The fourth-order valence-corrected chi connectivity index (χ4v) is 3.17. The molecular weight excluding hydrogens is 224 g/mol. The first-order chi connectivity index (χ1) is 8.84. The predicted octanol–water partition coefficient (Wildman–Crippen LogP) is 2.47. The van der Waals surface area contributed by atoms with Crippen LogP contribution in [-0.2, 0) is 11.2 Å². The Labute approximate surface area is 109 Å². The smallest absolute Gasteiger partial charge is 0.0605 e. The molecule has 0 radical (unpaired) electrons. The summed E-state index contributed by atoms with van der Waals surface area (Å²) >= 11 is 0. The van der Waals surface area contributed by atoms with E-state index in [0.717, 1.165) is 13.2 Å². The first-order valence-corrected chi connectivity index (χ1v) is 7.12. The molecule has 1 saturated heterocycles. The van der Waals surface area contributed by atoms with Gasteiger partial charge in [-0.05, 0) is 50.2 Å². The molecule has 3 nitrogen and oxygen atoms in total. The van der Waals surface area contributed by atoms with E-state index in [2.05, 4.69) is 29.4 Å². The Morgan fingerprint density at radius 2 is 2.39 bits per heavy atom. The van der Waals surface area contributed by atoms with Crippen LogP contribution in [-0.4, -0.2) is 24.2 Å². The molecule has 1 N–H and O–H groups in total. The Balaban J connectivity index is 1.70. The molecule has 3 atom stereocenters. The van der Waals surface area contributed by atoms with Crippen molar-refractivity contribution in [3.8, 4) is 0 Å². The quantitative estimate of drug-likeness (QED) is 0.889.